The summed E-state index contributed by atoms with van der Waals surface area (Å²) in [5.41, 5.74) is 2.16. The predicted octanol–water partition coefficient (Wildman–Crippen LogP) is 5.96. The van der Waals surface area contributed by atoms with E-state index in [1.165, 1.54) is 7.11 Å². The molecule has 1 aliphatic heterocycles. The van der Waals surface area contributed by atoms with Crippen molar-refractivity contribution in [2.45, 2.75) is 13.5 Å². The van der Waals surface area contributed by atoms with Crippen LogP contribution in [-0.4, -0.2) is 43.0 Å². The largest absolute Gasteiger partial charge is 0.495 e. The number of anilines is 1. The first-order chi connectivity index (χ1) is 20.4. The van der Waals surface area contributed by atoms with E-state index in [9.17, 15) is 14.4 Å². The normalized spacial score (nSPS) is 13.8. The number of urea groups is 1. The van der Waals surface area contributed by atoms with Crippen molar-refractivity contribution in [2.75, 3.05) is 25.6 Å². The van der Waals surface area contributed by atoms with Crippen LogP contribution >= 0.6 is 22.6 Å². The molecule has 0 radical (unpaired) electrons. The average Bonchev–Trinajstić information content (AvgIpc) is 3.24. The number of nitrogens with zero attached hydrogens (tertiary/aromatic N) is 1. The molecule has 0 bridgehead atoms. The maximum atomic E-state index is 13.1. The van der Waals surface area contributed by atoms with Crippen LogP contribution in [0, 0.1) is 3.57 Å². The lowest BCUT2D eigenvalue weighted by molar-refractivity contribution is -0.127. The number of hydrogen-bond donors (Lipinski definition) is 2. The lowest BCUT2D eigenvalue weighted by Gasteiger charge is -2.16. The molecule has 9 nitrogen and oxygen atoms in total. The lowest BCUT2D eigenvalue weighted by atomic mass is 10.1. The zero-order valence-electron chi connectivity index (χ0n) is 23.0. The van der Waals surface area contributed by atoms with Crippen LogP contribution < -0.4 is 24.8 Å². The average molecular weight is 677 g/mol. The number of rotatable bonds is 10. The second-order valence-electron chi connectivity index (χ2n) is 9.32. The summed E-state index contributed by atoms with van der Waals surface area (Å²) in [5.74, 6) is 0.419. The highest BCUT2D eigenvalue weighted by Crippen LogP contribution is 2.36. The number of amides is 4. The van der Waals surface area contributed by atoms with Crippen molar-refractivity contribution < 1.29 is 28.6 Å². The van der Waals surface area contributed by atoms with Crippen LogP contribution in [0.4, 0.5) is 10.5 Å². The molecule has 1 heterocycles. The van der Waals surface area contributed by atoms with E-state index in [2.05, 4.69) is 51.4 Å². The van der Waals surface area contributed by atoms with Gasteiger partial charge < -0.3 is 24.8 Å². The highest BCUT2D eigenvalue weighted by atomic mass is 127. The molecule has 0 unspecified atom stereocenters. The van der Waals surface area contributed by atoms with Crippen LogP contribution in [0.2, 0.25) is 0 Å². The first kappa shape index (κ1) is 28.9. The summed E-state index contributed by atoms with van der Waals surface area (Å²) >= 11 is 2.16. The van der Waals surface area contributed by atoms with Crippen molar-refractivity contribution in [3.05, 3.63) is 99.3 Å². The Kier molecular flexibility index (Phi) is 8.91. The summed E-state index contributed by atoms with van der Waals surface area (Å²) in [6.45, 7) is 2.17. The summed E-state index contributed by atoms with van der Waals surface area (Å²) in [6.07, 6.45) is 1.55. The van der Waals surface area contributed by atoms with Gasteiger partial charge in [-0.25, -0.2) is 9.69 Å². The Hall–Kier alpha value is -4.58. The van der Waals surface area contributed by atoms with Gasteiger partial charge in [-0.05, 0) is 81.8 Å². The third-order valence-corrected chi connectivity index (χ3v) is 7.34. The van der Waals surface area contributed by atoms with E-state index in [0.717, 1.165) is 24.8 Å². The molecule has 214 valence electrons. The van der Waals surface area contributed by atoms with E-state index in [1.807, 2.05) is 37.3 Å². The molecular weight excluding hydrogens is 649 g/mol. The second-order valence-corrected chi connectivity index (χ2v) is 10.5. The van der Waals surface area contributed by atoms with Gasteiger partial charge in [0.25, 0.3) is 5.91 Å². The summed E-state index contributed by atoms with van der Waals surface area (Å²) in [6, 6.07) is 24.0. The maximum absolute atomic E-state index is 13.1. The van der Waals surface area contributed by atoms with E-state index < -0.39 is 24.4 Å². The van der Waals surface area contributed by atoms with E-state index in [0.29, 0.717) is 41.7 Å². The minimum Gasteiger partial charge on any atom is -0.495 e. The number of imide groups is 1. The number of carbonyl (C=O) groups excluding carboxylic acids is 3. The zero-order chi connectivity index (χ0) is 29.6. The summed E-state index contributed by atoms with van der Waals surface area (Å²) < 4.78 is 18.2. The number of para-hydroxylation sites is 2. The monoisotopic (exact) mass is 677 g/mol. The first-order valence-corrected chi connectivity index (χ1v) is 14.3. The van der Waals surface area contributed by atoms with Crippen molar-refractivity contribution in [1.29, 1.82) is 0 Å². The van der Waals surface area contributed by atoms with Gasteiger partial charge in [0.15, 0.2) is 11.5 Å². The fraction of sp³-hybridized carbons (Fsp3) is 0.156. The Morgan fingerprint density at radius 1 is 0.976 bits per heavy atom. The Balaban J connectivity index is 1.32. The molecule has 0 aromatic heterocycles. The van der Waals surface area contributed by atoms with Crippen LogP contribution in [0.3, 0.4) is 0 Å². The minimum absolute atomic E-state index is 0.0489. The fourth-order valence-electron chi connectivity index (χ4n) is 4.61. The van der Waals surface area contributed by atoms with E-state index in [4.69, 9.17) is 14.2 Å². The van der Waals surface area contributed by atoms with Crippen LogP contribution in [0.15, 0.2) is 84.6 Å². The molecule has 0 spiro atoms. The standard InChI is InChI=1S/C32H28IN3O6/c1-3-41-28-17-20(15-24(33)30(28)42-19-22-11-8-10-21-9-4-5-12-23(21)22)16-26-31(38)36(32(39)35-26)18-29(37)34-25-13-6-7-14-27(25)40-2/h4-17H,3,18-19H2,1-2H3,(H,34,37)(H,35,39)/b26-16+. The minimum atomic E-state index is -0.684. The molecule has 0 atom stereocenters. The predicted molar refractivity (Wildman–Crippen MR) is 168 cm³/mol. The molecule has 5 rings (SSSR count). The topological polar surface area (TPSA) is 106 Å². The molecule has 1 aliphatic rings. The van der Waals surface area contributed by atoms with Crippen molar-refractivity contribution in [3.8, 4) is 17.2 Å². The fourth-order valence-corrected chi connectivity index (χ4v) is 5.39. The highest BCUT2D eigenvalue weighted by Gasteiger charge is 2.35. The van der Waals surface area contributed by atoms with Gasteiger partial charge in [-0.3, -0.25) is 9.59 Å². The van der Waals surface area contributed by atoms with Crippen LogP contribution in [0.1, 0.15) is 18.1 Å². The molecule has 0 saturated carbocycles. The third-order valence-electron chi connectivity index (χ3n) is 6.54. The molecule has 4 aromatic rings. The van der Waals surface area contributed by atoms with Crippen LogP contribution in [0.25, 0.3) is 16.8 Å². The van der Waals surface area contributed by atoms with Crippen molar-refractivity contribution >= 4 is 63.0 Å². The lowest BCUT2D eigenvalue weighted by Crippen LogP contribution is -2.38. The van der Waals surface area contributed by atoms with Crippen LogP contribution in [-0.2, 0) is 16.2 Å². The van der Waals surface area contributed by atoms with Gasteiger partial charge in [-0.15, -0.1) is 0 Å². The maximum Gasteiger partial charge on any atom is 0.329 e. The molecule has 42 heavy (non-hydrogen) atoms. The SMILES string of the molecule is CCOc1cc(/C=C2/NC(=O)N(CC(=O)Nc3ccccc3OC)C2=O)cc(I)c1OCc1cccc2ccccc12. The van der Waals surface area contributed by atoms with Gasteiger partial charge in [0.1, 0.15) is 24.6 Å². The number of methoxy groups -OCH3 is 1. The van der Waals surface area contributed by atoms with Crippen molar-refractivity contribution in [3.63, 3.8) is 0 Å². The number of nitrogens with one attached hydrogen (secondary N) is 2. The Morgan fingerprint density at radius 2 is 1.74 bits per heavy atom. The number of benzene rings is 4. The quantitative estimate of drug-likeness (QED) is 0.122. The van der Waals surface area contributed by atoms with Gasteiger partial charge in [-0.2, -0.15) is 0 Å². The number of ether oxygens (including phenoxy) is 3. The van der Waals surface area contributed by atoms with Crippen molar-refractivity contribution in [2.24, 2.45) is 0 Å². The Bertz CT molecular complexity index is 1700. The molecule has 0 aliphatic carbocycles. The Morgan fingerprint density at radius 3 is 2.55 bits per heavy atom. The molecule has 1 fully saturated rings. The molecular formula is C32H28IN3O6. The number of carbonyl (C=O) groups is 3. The van der Waals surface area contributed by atoms with Gasteiger partial charge in [0.2, 0.25) is 5.91 Å². The van der Waals surface area contributed by atoms with Crippen LogP contribution in [0.5, 0.6) is 17.2 Å². The van der Waals surface area contributed by atoms with E-state index >= 15 is 0 Å². The number of halogens is 1. The Labute approximate surface area is 256 Å². The smallest absolute Gasteiger partial charge is 0.329 e. The summed E-state index contributed by atoms with van der Waals surface area (Å²) in [4.78, 5) is 39.2. The molecule has 1 saturated heterocycles. The third kappa shape index (κ3) is 6.33. The highest BCUT2D eigenvalue weighted by molar-refractivity contribution is 14.1. The molecule has 10 heteroatoms. The van der Waals surface area contributed by atoms with E-state index in [-0.39, 0.29) is 5.70 Å². The summed E-state index contributed by atoms with van der Waals surface area (Å²) in [7, 11) is 1.49. The van der Waals surface area contributed by atoms with Gasteiger partial charge >= 0.3 is 6.03 Å². The second kappa shape index (κ2) is 12.9. The van der Waals surface area contributed by atoms with Gasteiger partial charge in [0.05, 0.1) is 23.0 Å². The molecule has 2 N–H and O–H groups in total. The summed E-state index contributed by atoms with van der Waals surface area (Å²) in [5, 5.41) is 7.49. The molecule has 4 amide bonds. The zero-order valence-corrected chi connectivity index (χ0v) is 25.1. The number of hydrogen-bond acceptors (Lipinski definition) is 6. The van der Waals surface area contributed by atoms with E-state index in [1.54, 1.807) is 36.4 Å². The van der Waals surface area contributed by atoms with Gasteiger partial charge in [0, 0.05) is 0 Å². The van der Waals surface area contributed by atoms with Crippen molar-refractivity contribution in [1.82, 2.24) is 10.2 Å². The first-order valence-electron chi connectivity index (χ1n) is 13.2. The van der Waals surface area contributed by atoms with Gasteiger partial charge in [-0.1, -0.05) is 54.6 Å². The number of fused-ring (bicyclic) bond motifs is 1. The molecule has 4 aromatic carbocycles.